The molecule has 120 valence electrons. The van der Waals surface area contributed by atoms with Crippen LogP contribution in [0.1, 0.15) is 18.4 Å². The minimum Gasteiger partial charge on any atom is -0.354 e. The highest BCUT2D eigenvalue weighted by atomic mass is 14.7. The molecule has 1 aliphatic rings. The van der Waals surface area contributed by atoms with Gasteiger partial charge in [0.1, 0.15) is 0 Å². The number of H-pyrrole nitrogens is 1. The molecular weight excluding hydrogens is 302 g/mol. The molecule has 0 amide bonds. The maximum Gasteiger partial charge on any atom is 0.0471 e. The second-order valence-electron chi connectivity index (χ2n) is 6.65. The molecule has 0 saturated heterocycles. The number of benzene rings is 3. The van der Waals surface area contributed by atoms with Crippen LogP contribution in [-0.4, -0.2) is 4.98 Å². The van der Waals surface area contributed by atoms with Crippen LogP contribution >= 0.6 is 0 Å². The van der Waals surface area contributed by atoms with Crippen LogP contribution in [0.15, 0.2) is 85.0 Å². The van der Waals surface area contributed by atoms with Gasteiger partial charge in [-0.15, -0.1) is 0 Å². The minimum atomic E-state index is 1.14. The molecule has 1 aromatic heterocycles. The first kappa shape index (κ1) is 14.3. The molecule has 1 nitrogen and oxygen atoms in total. The van der Waals surface area contributed by atoms with Gasteiger partial charge in [-0.25, -0.2) is 0 Å². The van der Waals surface area contributed by atoms with Crippen molar-refractivity contribution in [2.24, 2.45) is 0 Å². The summed E-state index contributed by atoms with van der Waals surface area (Å²) < 4.78 is 0. The van der Waals surface area contributed by atoms with E-state index in [0.717, 1.165) is 12.8 Å². The zero-order chi connectivity index (χ0) is 16.6. The van der Waals surface area contributed by atoms with Crippen molar-refractivity contribution in [2.45, 2.75) is 12.8 Å². The van der Waals surface area contributed by atoms with Crippen molar-refractivity contribution in [1.82, 2.24) is 4.98 Å². The molecule has 0 aliphatic heterocycles. The molecule has 4 aromatic rings. The van der Waals surface area contributed by atoms with E-state index in [9.17, 15) is 0 Å². The Morgan fingerprint density at radius 2 is 1.40 bits per heavy atom. The number of fused-ring (bicyclic) bond motifs is 3. The molecule has 0 unspecified atom stereocenters. The van der Waals surface area contributed by atoms with Crippen molar-refractivity contribution in [3.63, 3.8) is 0 Å². The average Bonchev–Trinajstić information content (AvgIpc) is 3.06. The molecule has 0 radical (unpaired) electrons. The monoisotopic (exact) mass is 321 g/mol. The molecule has 0 bridgehead atoms. The van der Waals surface area contributed by atoms with E-state index in [1.165, 1.54) is 44.1 Å². The van der Waals surface area contributed by atoms with Gasteiger partial charge in [-0.05, 0) is 47.2 Å². The smallest absolute Gasteiger partial charge is 0.0471 e. The maximum absolute atomic E-state index is 3.53. The third-order valence-electron chi connectivity index (χ3n) is 5.05. The molecule has 1 aliphatic carbocycles. The normalized spacial score (nSPS) is 14.2. The summed E-state index contributed by atoms with van der Waals surface area (Å²) >= 11 is 0. The highest BCUT2D eigenvalue weighted by molar-refractivity contribution is 6.08. The number of aromatic nitrogens is 1. The van der Waals surface area contributed by atoms with Crippen molar-refractivity contribution < 1.29 is 0 Å². The van der Waals surface area contributed by atoms with Gasteiger partial charge < -0.3 is 4.98 Å². The summed E-state index contributed by atoms with van der Waals surface area (Å²) in [5.41, 5.74) is 7.53. The van der Waals surface area contributed by atoms with Gasteiger partial charge in [0.2, 0.25) is 0 Å². The number of hydrogen-bond acceptors (Lipinski definition) is 0. The van der Waals surface area contributed by atoms with E-state index in [4.69, 9.17) is 0 Å². The fourth-order valence-electron chi connectivity index (χ4n) is 3.72. The Kier molecular flexibility index (Phi) is 3.31. The lowest BCUT2D eigenvalue weighted by molar-refractivity contribution is 1.04. The second-order valence-corrected chi connectivity index (χ2v) is 6.65. The van der Waals surface area contributed by atoms with E-state index in [1.807, 2.05) is 0 Å². The first-order valence-electron chi connectivity index (χ1n) is 8.86. The molecule has 5 rings (SSSR count). The topological polar surface area (TPSA) is 15.8 Å². The number of hydrogen-bond donors (Lipinski definition) is 1. The van der Waals surface area contributed by atoms with Crippen molar-refractivity contribution in [3.05, 3.63) is 90.5 Å². The molecule has 0 spiro atoms. The maximum atomic E-state index is 3.53. The molecule has 0 atom stereocenters. The highest BCUT2D eigenvalue weighted by Crippen LogP contribution is 2.30. The SMILES string of the molecule is C1=CC(c2ccc(-c3ccc4c(c3)[nH]c3ccccc34)cc2)=CCC1. The van der Waals surface area contributed by atoms with Gasteiger partial charge in [-0.3, -0.25) is 0 Å². The first-order chi connectivity index (χ1) is 12.4. The van der Waals surface area contributed by atoms with Gasteiger partial charge >= 0.3 is 0 Å². The zero-order valence-electron chi connectivity index (χ0n) is 14.0. The summed E-state index contributed by atoms with van der Waals surface area (Å²) in [5.74, 6) is 0. The fraction of sp³-hybridized carbons (Fsp3) is 0.0833. The van der Waals surface area contributed by atoms with Crippen LogP contribution in [0, 0.1) is 0 Å². The van der Waals surface area contributed by atoms with Crippen molar-refractivity contribution in [1.29, 1.82) is 0 Å². The standard InChI is InChI=1S/C24H19N/c1-2-6-17(7-3-1)18-10-12-19(13-11-18)20-14-15-22-21-8-4-5-9-23(21)25-24(22)16-20/h2,4-16,25H,1,3H2. The van der Waals surface area contributed by atoms with Crippen LogP contribution in [0.2, 0.25) is 0 Å². The van der Waals surface area contributed by atoms with Crippen molar-refractivity contribution in [3.8, 4) is 11.1 Å². The van der Waals surface area contributed by atoms with Gasteiger partial charge in [-0.2, -0.15) is 0 Å². The lowest BCUT2D eigenvalue weighted by atomic mass is 9.96. The molecule has 0 fully saturated rings. The predicted molar refractivity (Wildman–Crippen MR) is 108 cm³/mol. The number of aromatic amines is 1. The van der Waals surface area contributed by atoms with Crippen LogP contribution < -0.4 is 0 Å². The van der Waals surface area contributed by atoms with Crippen LogP contribution in [0.3, 0.4) is 0 Å². The minimum absolute atomic E-state index is 1.14. The van der Waals surface area contributed by atoms with Crippen LogP contribution in [0.25, 0.3) is 38.5 Å². The van der Waals surface area contributed by atoms with E-state index in [1.54, 1.807) is 0 Å². The van der Waals surface area contributed by atoms with Crippen LogP contribution in [-0.2, 0) is 0 Å². The Morgan fingerprint density at radius 1 is 0.640 bits per heavy atom. The Morgan fingerprint density at radius 3 is 2.24 bits per heavy atom. The van der Waals surface area contributed by atoms with E-state index in [-0.39, 0.29) is 0 Å². The fourth-order valence-corrected chi connectivity index (χ4v) is 3.72. The summed E-state index contributed by atoms with van der Waals surface area (Å²) in [6, 6.07) is 24.1. The number of allylic oxidation sites excluding steroid dienone is 4. The van der Waals surface area contributed by atoms with Gasteiger partial charge in [-0.1, -0.05) is 72.8 Å². The molecule has 3 aromatic carbocycles. The van der Waals surface area contributed by atoms with E-state index < -0.39 is 0 Å². The zero-order valence-corrected chi connectivity index (χ0v) is 14.0. The molecule has 1 N–H and O–H groups in total. The Bertz CT molecular complexity index is 1120. The van der Waals surface area contributed by atoms with Crippen molar-refractivity contribution >= 4 is 27.4 Å². The molecule has 25 heavy (non-hydrogen) atoms. The summed E-state index contributed by atoms with van der Waals surface area (Å²) in [7, 11) is 0. The van der Waals surface area contributed by atoms with Gasteiger partial charge in [0.15, 0.2) is 0 Å². The van der Waals surface area contributed by atoms with Gasteiger partial charge in [0.05, 0.1) is 0 Å². The third kappa shape index (κ3) is 2.49. The van der Waals surface area contributed by atoms with Crippen molar-refractivity contribution in [2.75, 3.05) is 0 Å². The van der Waals surface area contributed by atoms with Gasteiger partial charge in [0.25, 0.3) is 0 Å². The molecule has 1 heteroatoms. The van der Waals surface area contributed by atoms with Crippen LogP contribution in [0.5, 0.6) is 0 Å². The average molecular weight is 321 g/mol. The Hall–Kier alpha value is -3.06. The summed E-state index contributed by atoms with van der Waals surface area (Å²) in [4.78, 5) is 3.53. The number of rotatable bonds is 2. The molecule has 0 saturated carbocycles. The Balaban J connectivity index is 1.55. The van der Waals surface area contributed by atoms with E-state index in [2.05, 4.69) is 89.9 Å². The van der Waals surface area contributed by atoms with Gasteiger partial charge in [0, 0.05) is 21.8 Å². The summed E-state index contributed by atoms with van der Waals surface area (Å²) in [6.45, 7) is 0. The van der Waals surface area contributed by atoms with E-state index in [0.29, 0.717) is 0 Å². The largest absolute Gasteiger partial charge is 0.354 e. The van der Waals surface area contributed by atoms with Crippen LogP contribution in [0.4, 0.5) is 0 Å². The lowest BCUT2D eigenvalue weighted by Gasteiger charge is -2.08. The number of nitrogens with one attached hydrogen (secondary N) is 1. The molecule has 1 heterocycles. The first-order valence-corrected chi connectivity index (χ1v) is 8.86. The predicted octanol–water partition coefficient (Wildman–Crippen LogP) is 6.72. The third-order valence-corrected chi connectivity index (χ3v) is 5.05. The lowest BCUT2D eigenvalue weighted by Crippen LogP contribution is -1.86. The second kappa shape index (κ2) is 5.78. The summed E-state index contributed by atoms with van der Waals surface area (Å²) in [6.07, 6.45) is 9.12. The Labute approximate surface area is 147 Å². The highest BCUT2D eigenvalue weighted by Gasteiger charge is 2.06. The molecular formula is C24H19N. The number of para-hydroxylation sites is 1. The summed E-state index contributed by atoms with van der Waals surface area (Å²) in [5, 5.41) is 2.57. The quantitative estimate of drug-likeness (QED) is 0.422. The van der Waals surface area contributed by atoms with E-state index >= 15 is 0 Å².